The lowest BCUT2D eigenvalue weighted by atomic mass is 9.81. The van der Waals surface area contributed by atoms with Gasteiger partial charge in [0.1, 0.15) is 0 Å². The van der Waals surface area contributed by atoms with Crippen LogP contribution in [-0.2, 0) is 9.47 Å². The topological polar surface area (TPSA) is 48.7 Å². The van der Waals surface area contributed by atoms with E-state index in [1.54, 1.807) is 6.07 Å². The number of hydrogen-bond acceptors (Lipinski definition) is 4. The Morgan fingerprint density at radius 2 is 2.33 bits per heavy atom. The normalized spacial score (nSPS) is 31.9. The van der Waals surface area contributed by atoms with E-state index < -0.39 is 0 Å². The van der Waals surface area contributed by atoms with Gasteiger partial charge in [0.05, 0.1) is 24.0 Å². The molecule has 3 rings (SSSR count). The van der Waals surface area contributed by atoms with E-state index >= 15 is 0 Å². The van der Waals surface area contributed by atoms with Crippen molar-refractivity contribution in [2.24, 2.45) is 5.92 Å². The Morgan fingerprint density at radius 3 is 3.00 bits per heavy atom. The quantitative estimate of drug-likeness (QED) is 0.788. The molecule has 0 N–H and O–H groups in total. The van der Waals surface area contributed by atoms with Gasteiger partial charge >= 0.3 is 0 Å². The zero-order valence-corrected chi connectivity index (χ0v) is 11.6. The summed E-state index contributed by atoms with van der Waals surface area (Å²) in [5.41, 5.74) is 0.408. The van der Waals surface area contributed by atoms with Gasteiger partial charge in [-0.25, -0.2) is 0 Å². The fraction of sp³-hybridized carbons (Fsp3) is 0.615. The monoisotopic (exact) mass is 314 g/mol. The van der Waals surface area contributed by atoms with E-state index in [-0.39, 0.29) is 17.3 Å². The summed E-state index contributed by atoms with van der Waals surface area (Å²) < 4.78 is 16.9. The Morgan fingerprint density at radius 1 is 1.44 bits per heavy atom. The molecule has 18 heavy (non-hydrogen) atoms. The van der Waals surface area contributed by atoms with Crippen LogP contribution < -0.4 is 0 Å². The summed E-state index contributed by atoms with van der Waals surface area (Å²) in [6, 6.07) is 1.72. The second kappa shape index (κ2) is 4.79. The summed E-state index contributed by atoms with van der Waals surface area (Å²) in [5, 5.41) is 0. The average Bonchev–Trinajstić information content (AvgIpc) is 2.98. The predicted molar refractivity (Wildman–Crippen MR) is 67.6 cm³/mol. The van der Waals surface area contributed by atoms with Crippen LogP contribution >= 0.6 is 15.9 Å². The van der Waals surface area contributed by atoms with Crippen LogP contribution in [0, 0.1) is 5.92 Å². The molecule has 0 saturated carbocycles. The zero-order valence-electron chi connectivity index (χ0n) is 9.99. The van der Waals surface area contributed by atoms with E-state index in [4.69, 9.17) is 13.9 Å². The van der Waals surface area contributed by atoms with Gasteiger partial charge in [0, 0.05) is 25.6 Å². The molecule has 1 aromatic heterocycles. The maximum atomic E-state index is 12.4. The molecule has 0 bridgehead atoms. The molecule has 0 aromatic carbocycles. The molecule has 1 spiro atoms. The third-order valence-corrected chi connectivity index (χ3v) is 4.43. The summed E-state index contributed by atoms with van der Waals surface area (Å²) in [7, 11) is 0. The second-order valence-corrected chi connectivity index (χ2v) is 5.72. The molecular weight excluding hydrogens is 300 g/mol. The standard InChI is InChI=1S/C13H15BrO4/c14-12-10(2-4-17-12)11(15)9-1-5-18-13(7-9)3-6-16-8-13/h2,4,9H,1,3,5-8H2. The summed E-state index contributed by atoms with van der Waals surface area (Å²) >= 11 is 3.27. The molecule has 2 saturated heterocycles. The molecule has 2 fully saturated rings. The molecule has 2 unspecified atom stereocenters. The largest absolute Gasteiger partial charge is 0.457 e. The van der Waals surface area contributed by atoms with E-state index in [0.717, 1.165) is 25.9 Å². The lowest BCUT2D eigenvalue weighted by Gasteiger charge is -2.36. The van der Waals surface area contributed by atoms with Crippen molar-refractivity contribution in [3.63, 3.8) is 0 Å². The first-order chi connectivity index (χ1) is 8.70. The highest BCUT2D eigenvalue weighted by atomic mass is 79.9. The molecule has 2 aliphatic heterocycles. The number of ketones is 1. The minimum absolute atomic E-state index is 0.00866. The van der Waals surface area contributed by atoms with Crippen molar-refractivity contribution >= 4 is 21.7 Å². The highest BCUT2D eigenvalue weighted by Crippen LogP contribution is 2.37. The molecule has 98 valence electrons. The van der Waals surface area contributed by atoms with Gasteiger partial charge in [0.2, 0.25) is 0 Å². The highest BCUT2D eigenvalue weighted by molar-refractivity contribution is 9.10. The molecule has 0 amide bonds. The predicted octanol–water partition coefficient (Wildman–Crippen LogP) is 2.81. The first-order valence-corrected chi connectivity index (χ1v) is 6.98. The minimum atomic E-state index is -0.227. The van der Waals surface area contributed by atoms with Gasteiger partial charge in [-0.2, -0.15) is 0 Å². The van der Waals surface area contributed by atoms with E-state index in [1.807, 2.05) is 0 Å². The lowest BCUT2D eigenvalue weighted by molar-refractivity contribution is -0.0920. The molecule has 2 atom stereocenters. The van der Waals surface area contributed by atoms with Crippen molar-refractivity contribution in [2.45, 2.75) is 24.9 Å². The number of furan rings is 1. The third-order valence-electron chi connectivity index (χ3n) is 3.81. The first kappa shape index (κ1) is 12.4. The van der Waals surface area contributed by atoms with Crippen LogP contribution in [0.3, 0.4) is 0 Å². The molecule has 4 nitrogen and oxygen atoms in total. The second-order valence-electron chi connectivity index (χ2n) is 5.00. The first-order valence-electron chi connectivity index (χ1n) is 6.19. The van der Waals surface area contributed by atoms with Gasteiger partial charge in [-0.3, -0.25) is 4.79 Å². The summed E-state index contributed by atoms with van der Waals surface area (Å²) in [6.45, 7) is 1.98. The Kier molecular flexibility index (Phi) is 3.30. The van der Waals surface area contributed by atoms with Crippen LogP contribution in [0.25, 0.3) is 0 Å². The van der Waals surface area contributed by atoms with Gasteiger partial charge in [0.25, 0.3) is 0 Å². The summed E-state index contributed by atoms with van der Waals surface area (Å²) in [4.78, 5) is 12.4. The van der Waals surface area contributed by atoms with Crippen molar-refractivity contribution in [1.29, 1.82) is 0 Å². The zero-order chi connectivity index (χ0) is 12.6. The van der Waals surface area contributed by atoms with Crippen LogP contribution in [0.5, 0.6) is 0 Å². The number of carbonyl (C=O) groups excluding carboxylic acids is 1. The Bertz CT molecular complexity index is 448. The maximum absolute atomic E-state index is 12.4. The van der Waals surface area contributed by atoms with Crippen LogP contribution in [-0.4, -0.2) is 31.2 Å². The van der Waals surface area contributed by atoms with E-state index in [1.165, 1.54) is 6.26 Å². The van der Waals surface area contributed by atoms with E-state index in [0.29, 0.717) is 23.4 Å². The third kappa shape index (κ3) is 2.15. The Labute approximate surface area is 114 Å². The lowest BCUT2D eigenvalue weighted by Crippen LogP contribution is -2.42. The molecule has 0 aliphatic carbocycles. The maximum Gasteiger partial charge on any atom is 0.179 e. The summed E-state index contributed by atoms with van der Waals surface area (Å²) in [5.74, 6) is 0.152. The molecule has 2 aliphatic rings. The van der Waals surface area contributed by atoms with Crippen molar-refractivity contribution < 1.29 is 18.7 Å². The van der Waals surface area contributed by atoms with Crippen LogP contribution in [0.4, 0.5) is 0 Å². The SMILES string of the molecule is O=C(c1ccoc1Br)C1CCOC2(CCOC2)C1. The molecular formula is C13H15BrO4. The van der Waals surface area contributed by atoms with Crippen LogP contribution in [0.2, 0.25) is 0 Å². The molecule has 5 heteroatoms. The minimum Gasteiger partial charge on any atom is -0.457 e. The van der Waals surface area contributed by atoms with Crippen molar-refractivity contribution in [3.05, 3.63) is 22.6 Å². The van der Waals surface area contributed by atoms with Gasteiger partial charge in [0.15, 0.2) is 10.5 Å². The fourth-order valence-corrected chi connectivity index (χ4v) is 3.24. The van der Waals surface area contributed by atoms with E-state index in [2.05, 4.69) is 15.9 Å². The van der Waals surface area contributed by atoms with Crippen LogP contribution in [0.1, 0.15) is 29.6 Å². The number of ether oxygens (including phenoxy) is 2. The molecule has 1 aromatic rings. The Hall–Kier alpha value is -0.650. The highest BCUT2D eigenvalue weighted by Gasteiger charge is 2.43. The van der Waals surface area contributed by atoms with Gasteiger partial charge < -0.3 is 13.9 Å². The van der Waals surface area contributed by atoms with Crippen molar-refractivity contribution in [3.8, 4) is 0 Å². The average molecular weight is 315 g/mol. The number of rotatable bonds is 2. The van der Waals surface area contributed by atoms with Gasteiger partial charge in [-0.1, -0.05) is 0 Å². The molecule has 3 heterocycles. The summed E-state index contributed by atoms with van der Waals surface area (Å²) in [6.07, 6.45) is 3.95. The van der Waals surface area contributed by atoms with Crippen molar-refractivity contribution in [1.82, 2.24) is 0 Å². The van der Waals surface area contributed by atoms with Gasteiger partial charge in [-0.05, 0) is 34.8 Å². The van der Waals surface area contributed by atoms with Crippen molar-refractivity contribution in [2.75, 3.05) is 19.8 Å². The van der Waals surface area contributed by atoms with Crippen LogP contribution in [0.15, 0.2) is 21.4 Å². The van der Waals surface area contributed by atoms with E-state index in [9.17, 15) is 4.79 Å². The smallest absolute Gasteiger partial charge is 0.179 e. The number of halogens is 1. The number of carbonyl (C=O) groups is 1. The Balaban J connectivity index is 1.76. The molecule has 0 radical (unpaired) electrons. The number of hydrogen-bond donors (Lipinski definition) is 0. The fourth-order valence-electron chi connectivity index (χ4n) is 2.80. The number of Topliss-reactive ketones (excluding diaryl/α,β-unsaturated/α-hetero) is 1. The van der Waals surface area contributed by atoms with Gasteiger partial charge in [-0.15, -0.1) is 0 Å².